The first-order valence-corrected chi connectivity index (χ1v) is 7.97. The summed E-state index contributed by atoms with van der Waals surface area (Å²) in [7, 11) is 4.59. The minimum Gasteiger partial charge on any atom is -0.493 e. The molecular weight excluding hydrogens is 336 g/mol. The molecule has 1 unspecified atom stereocenters. The lowest BCUT2D eigenvalue weighted by Gasteiger charge is -2.13. The largest absolute Gasteiger partial charge is 0.493 e. The predicted octanol–water partition coefficient (Wildman–Crippen LogP) is 3.03. The number of rotatable bonds is 8. The van der Waals surface area contributed by atoms with Crippen molar-refractivity contribution in [2.24, 2.45) is 0 Å². The van der Waals surface area contributed by atoms with E-state index in [0.29, 0.717) is 22.8 Å². The lowest BCUT2D eigenvalue weighted by Crippen LogP contribution is -2.11. The van der Waals surface area contributed by atoms with Gasteiger partial charge in [0.05, 0.1) is 33.0 Å². The first kappa shape index (κ1) is 19.3. The van der Waals surface area contributed by atoms with Gasteiger partial charge >= 0.3 is 5.97 Å². The Bertz CT molecular complexity index is 772. The number of aliphatic hydroxyl groups is 1. The number of benzene rings is 2. The highest BCUT2D eigenvalue weighted by atomic mass is 16.5. The maximum absolute atomic E-state index is 11.2. The number of carbonyl (C=O) groups is 1. The van der Waals surface area contributed by atoms with E-state index in [1.807, 2.05) is 0 Å². The second-order valence-corrected chi connectivity index (χ2v) is 5.55. The number of hydrogen-bond acceptors (Lipinski definition) is 5. The number of carboxylic acids is 1. The van der Waals surface area contributed by atoms with Gasteiger partial charge in [0.25, 0.3) is 0 Å². The lowest BCUT2D eigenvalue weighted by atomic mass is 10.0. The maximum atomic E-state index is 11.2. The Morgan fingerprint density at radius 2 is 1.69 bits per heavy atom. The first-order chi connectivity index (χ1) is 12.5. The van der Waals surface area contributed by atoms with E-state index in [9.17, 15) is 15.0 Å². The summed E-state index contributed by atoms with van der Waals surface area (Å²) in [5, 5.41) is 19.5. The maximum Gasteiger partial charge on any atom is 0.335 e. The monoisotopic (exact) mass is 358 g/mol. The van der Waals surface area contributed by atoms with Crippen molar-refractivity contribution in [3.8, 4) is 17.2 Å². The van der Waals surface area contributed by atoms with Crippen LogP contribution >= 0.6 is 0 Å². The smallest absolute Gasteiger partial charge is 0.335 e. The van der Waals surface area contributed by atoms with Crippen molar-refractivity contribution in [1.82, 2.24) is 0 Å². The number of aromatic carboxylic acids is 1. The normalized spacial score (nSPS) is 12.0. The zero-order valence-electron chi connectivity index (χ0n) is 14.9. The lowest BCUT2D eigenvalue weighted by molar-refractivity contribution is 0.0695. The highest BCUT2D eigenvalue weighted by molar-refractivity contribution is 5.89. The van der Waals surface area contributed by atoms with Crippen molar-refractivity contribution < 1.29 is 29.2 Å². The van der Waals surface area contributed by atoms with Gasteiger partial charge in [-0.15, -0.1) is 0 Å². The Hall–Kier alpha value is -2.99. The van der Waals surface area contributed by atoms with E-state index in [-0.39, 0.29) is 12.0 Å². The van der Waals surface area contributed by atoms with E-state index in [0.717, 1.165) is 5.56 Å². The summed E-state index contributed by atoms with van der Waals surface area (Å²) in [6, 6.07) is 10.1. The zero-order valence-corrected chi connectivity index (χ0v) is 14.9. The molecule has 138 valence electrons. The molecule has 0 radical (unpaired) electrons. The van der Waals surface area contributed by atoms with Crippen LogP contribution in [0.3, 0.4) is 0 Å². The highest BCUT2D eigenvalue weighted by Crippen LogP contribution is 2.38. The van der Waals surface area contributed by atoms with E-state index in [2.05, 4.69) is 0 Å². The number of aliphatic hydroxyl groups excluding tert-OH is 1. The number of carboxylic acid groups (broad SMARTS) is 1. The Kier molecular flexibility index (Phi) is 6.63. The third kappa shape index (κ3) is 4.55. The van der Waals surface area contributed by atoms with Gasteiger partial charge in [0.1, 0.15) is 0 Å². The van der Waals surface area contributed by atoms with Crippen LogP contribution in [0.25, 0.3) is 6.08 Å². The van der Waals surface area contributed by atoms with Crippen molar-refractivity contribution in [1.29, 1.82) is 0 Å². The molecule has 0 heterocycles. The molecule has 0 aliphatic heterocycles. The van der Waals surface area contributed by atoms with Crippen molar-refractivity contribution in [2.75, 3.05) is 21.3 Å². The second-order valence-electron chi connectivity index (χ2n) is 5.55. The molecule has 0 bridgehead atoms. The Labute approximate surface area is 152 Å². The summed E-state index contributed by atoms with van der Waals surface area (Å²) in [5.74, 6) is 0.499. The Balaban J connectivity index is 2.20. The van der Waals surface area contributed by atoms with Gasteiger partial charge in [0, 0.05) is 6.42 Å². The fraction of sp³-hybridized carbons (Fsp3) is 0.250. The van der Waals surface area contributed by atoms with Crippen LogP contribution < -0.4 is 14.2 Å². The molecule has 0 fully saturated rings. The Morgan fingerprint density at radius 3 is 2.23 bits per heavy atom. The van der Waals surface area contributed by atoms with Gasteiger partial charge in [0.2, 0.25) is 5.75 Å². The van der Waals surface area contributed by atoms with Crippen molar-refractivity contribution in [2.45, 2.75) is 12.5 Å². The molecule has 1 atom stereocenters. The van der Waals surface area contributed by atoms with Gasteiger partial charge in [-0.1, -0.05) is 30.4 Å². The molecule has 6 heteroatoms. The van der Waals surface area contributed by atoms with Crippen molar-refractivity contribution in [3.63, 3.8) is 0 Å². The molecule has 2 N–H and O–H groups in total. The highest BCUT2D eigenvalue weighted by Gasteiger charge is 2.13. The SMILES string of the molecule is COc1cc(/C=C/C(O)Cc2ccccc2C(=O)O)cc(OC)c1OC. The molecule has 26 heavy (non-hydrogen) atoms. The van der Waals surface area contributed by atoms with E-state index in [4.69, 9.17) is 14.2 Å². The van der Waals surface area contributed by atoms with Crippen LogP contribution in [0, 0.1) is 0 Å². The Morgan fingerprint density at radius 1 is 1.08 bits per heavy atom. The second kappa shape index (κ2) is 8.92. The number of methoxy groups -OCH3 is 3. The summed E-state index contributed by atoms with van der Waals surface area (Å²) >= 11 is 0. The summed E-state index contributed by atoms with van der Waals surface area (Å²) in [6.45, 7) is 0. The molecule has 0 aliphatic rings. The van der Waals surface area contributed by atoms with Crippen LogP contribution in [0.15, 0.2) is 42.5 Å². The van der Waals surface area contributed by atoms with Gasteiger partial charge in [-0.2, -0.15) is 0 Å². The van der Waals surface area contributed by atoms with Gasteiger partial charge in [-0.25, -0.2) is 4.79 Å². The topological polar surface area (TPSA) is 85.2 Å². The third-order valence-corrected chi connectivity index (χ3v) is 3.87. The minimum atomic E-state index is -1.01. The average Bonchev–Trinajstić information content (AvgIpc) is 2.65. The minimum absolute atomic E-state index is 0.188. The molecule has 0 saturated heterocycles. The van der Waals surface area contributed by atoms with Gasteiger partial charge in [-0.05, 0) is 29.3 Å². The predicted molar refractivity (Wildman–Crippen MR) is 98.2 cm³/mol. The van der Waals surface area contributed by atoms with E-state index in [1.54, 1.807) is 42.5 Å². The van der Waals surface area contributed by atoms with Crippen LogP contribution in [0.1, 0.15) is 21.5 Å². The summed E-state index contributed by atoms with van der Waals surface area (Å²) in [5.41, 5.74) is 1.51. The van der Waals surface area contributed by atoms with Crippen LogP contribution in [0.2, 0.25) is 0 Å². The van der Waals surface area contributed by atoms with Gasteiger partial charge in [-0.3, -0.25) is 0 Å². The summed E-state index contributed by atoms with van der Waals surface area (Å²) in [4.78, 5) is 11.2. The van der Waals surface area contributed by atoms with Gasteiger partial charge < -0.3 is 24.4 Å². The molecule has 0 aliphatic carbocycles. The summed E-state index contributed by atoms with van der Waals surface area (Å²) in [6.07, 6.45) is 2.68. The quantitative estimate of drug-likeness (QED) is 0.754. The first-order valence-electron chi connectivity index (χ1n) is 7.97. The fourth-order valence-corrected chi connectivity index (χ4v) is 2.62. The van der Waals surface area contributed by atoms with E-state index in [1.165, 1.54) is 27.4 Å². The molecular formula is C20H22O6. The number of hydrogen-bond donors (Lipinski definition) is 2. The number of ether oxygens (including phenoxy) is 3. The third-order valence-electron chi connectivity index (χ3n) is 3.87. The van der Waals surface area contributed by atoms with Crippen LogP contribution in [-0.2, 0) is 6.42 Å². The molecule has 2 aromatic rings. The molecule has 6 nitrogen and oxygen atoms in total. The molecule has 0 aromatic heterocycles. The molecule has 2 aromatic carbocycles. The average molecular weight is 358 g/mol. The van der Waals surface area contributed by atoms with Gasteiger partial charge in [0.15, 0.2) is 11.5 Å². The zero-order chi connectivity index (χ0) is 19.1. The molecule has 0 spiro atoms. The molecule has 2 rings (SSSR count). The molecule has 0 saturated carbocycles. The van der Waals surface area contributed by atoms with Crippen LogP contribution in [0.4, 0.5) is 0 Å². The standard InChI is InChI=1S/C20H22O6/c1-24-17-10-13(11-18(25-2)19(17)26-3)8-9-15(21)12-14-6-4-5-7-16(14)20(22)23/h4-11,15,21H,12H2,1-3H3,(H,22,23)/b9-8+. The fourth-order valence-electron chi connectivity index (χ4n) is 2.62. The van der Waals surface area contributed by atoms with Crippen molar-refractivity contribution in [3.05, 3.63) is 59.2 Å². The van der Waals surface area contributed by atoms with E-state index >= 15 is 0 Å². The van der Waals surface area contributed by atoms with Crippen LogP contribution in [-0.4, -0.2) is 43.6 Å². The van der Waals surface area contributed by atoms with Crippen molar-refractivity contribution >= 4 is 12.0 Å². The molecule has 0 amide bonds. The van der Waals surface area contributed by atoms with E-state index < -0.39 is 12.1 Å². The summed E-state index contributed by atoms with van der Waals surface area (Å²) < 4.78 is 15.9. The van der Waals surface area contributed by atoms with Crippen LogP contribution in [0.5, 0.6) is 17.2 Å².